The van der Waals surface area contributed by atoms with Crippen molar-refractivity contribution < 1.29 is 28.6 Å². The first kappa shape index (κ1) is 25.1. The first-order chi connectivity index (χ1) is 15.3. The molecule has 1 aromatic rings. The molecular formula is C23H25BrN2O6. The van der Waals surface area contributed by atoms with E-state index in [1.165, 1.54) is 23.1 Å². The normalized spacial score (nSPS) is 15.7. The van der Waals surface area contributed by atoms with Crippen LogP contribution in [0.2, 0.25) is 0 Å². The van der Waals surface area contributed by atoms with E-state index in [0.717, 1.165) is 6.08 Å². The fourth-order valence-corrected chi connectivity index (χ4v) is 3.71. The third-order valence-corrected chi connectivity index (χ3v) is 5.09. The number of carbonyl (C=O) groups is 3. The largest absolute Gasteiger partial charge is 0.623 e. The molecule has 8 nitrogen and oxygen atoms in total. The van der Waals surface area contributed by atoms with Crippen molar-refractivity contribution in [3.63, 3.8) is 0 Å². The van der Waals surface area contributed by atoms with Gasteiger partial charge < -0.3 is 14.7 Å². The lowest BCUT2D eigenvalue weighted by Crippen LogP contribution is -2.36. The molecule has 0 N–H and O–H groups in total. The van der Waals surface area contributed by atoms with Crippen LogP contribution >= 0.6 is 15.9 Å². The van der Waals surface area contributed by atoms with E-state index < -0.39 is 23.9 Å². The molecule has 1 aliphatic heterocycles. The molecule has 170 valence electrons. The van der Waals surface area contributed by atoms with Gasteiger partial charge in [-0.2, -0.15) is 4.74 Å². The summed E-state index contributed by atoms with van der Waals surface area (Å²) in [4.78, 5) is 38.0. The van der Waals surface area contributed by atoms with Crippen LogP contribution in [-0.4, -0.2) is 54.1 Å². The molecule has 0 aliphatic carbocycles. The highest BCUT2D eigenvalue weighted by atomic mass is 79.9. The number of nitrogens with zero attached hydrogens (tertiary/aromatic N) is 2. The molecule has 0 spiro atoms. The number of para-hydroxylation sites is 1. The van der Waals surface area contributed by atoms with Gasteiger partial charge in [0.2, 0.25) is 0 Å². The van der Waals surface area contributed by atoms with E-state index in [1.807, 2.05) is 0 Å². The molecule has 1 aliphatic rings. The molecule has 2 rings (SSSR count). The van der Waals surface area contributed by atoms with E-state index in [2.05, 4.69) is 22.5 Å². The Bertz CT molecular complexity index is 983. The van der Waals surface area contributed by atoms with Crippen LogP contribution in [0.3, 0.4) is 0 Å². The van der Waals surface area contributed by atoms with Crippen molar-refractivity contribution in [2.45, 2.75) is 26.3 Å². The van der Waals surface area contributed by atoms with Crippen LogP contribution < -0.4 is 4.90 Å². The van der Waals surface area contributed by atoms with Gasteiger partial charge in [0.1, 0.15) is 0 Å². The molecule has 1 unspecified atom stereocenters. The number of amides is 1. The van der Waals surface area contributed by atoms with Gasteiger partial charge in [0.05, 0.1) is 24.5 Å². The zero-order valence-corrected chi connectivity index (χ0v) is 19.5. The lowest BCUT2D eigenvalue weighted by molar-refractivity contribution is -0.485. The maximum absolute atomic E-state index is 13.4. The number of rotatable bonds is 10. The van der Waals surface area contributed by atoms with E-state index in [1.54, 1.807) is 38.1 Å². The Balaban J connectivity index is 2.50. The average molecular weight is 505 g/mol. The third-order valence-electron chi connectivity index (χ3n) is 4.45. The van der Waals surface area contributed by atoms with Gasteiger partial charge in [-0.05, 0) is 48.0 Å². The van der Waals surface area contributed by atoms with Crippen molar-refractivity contribution in [1.29, 1.82) is 0 Å². The van der Waals surface area contributed by atoms with E-state index in [0.29, 0.717) is 20.5 Å². The second-order valence-corrected chi connectivity index (χ2v) is 7.44. The quantitative estimate of drug-likeness (QED) is 0.121. The van der Waals surface area contributed by atoms with Gasteiger partial charge in [-0.25, -0.2) is 9.59 Å². The summed E-state index contributed by atoms with van der Waals surface area (Å²) in [6, 6.07) is 4.24. The maximum atomic E-state index is 13.4. The number of benzene rings is 1. The average Bonchev–Trinajstić information content (AvgIpc) is 3.03. The number of halogens is 1. The van der Waals surface area contributed by atoms with Crippen LogP contribution in [0.25, 0.3) is 0 Å². The Labute approximate surface area is 195 Å². The predicted molar refractivity (Wildman–Crippen MR) is 124 cm³/mol. The van der Waals surface area contributed by atoms with Gasteiger partial charge in [0, 0.05) is 29.6 Å². The number of carbonyl (C=O) groups excluding carboxylic acids is 3. The lowest BCUT2D eigenvalue weighted by atomic mass is 10.1. The Morgan fingerprint density at radius 3 is 2.50 bits per heavy atom. The van der Waals surface area contributed by atoms with Gasteiger partial charge >= 0.3 is 17.8 Å². The van der Waals surface area contributed by atoms with Crippen molar-refractivity contribution in [1.82, 2.24) is 0 Å². The molecule has 32 heavy (non-hydrogen) atoms. The molecule has 0 bridgehead atoms. The monoisotopic (exact) mass is 504 g/mol. The zero-order valence-electron chi connectivity index (χ0n) is 18.0. The molecule has 1 amide bonds. The van der Waals surface area contributed by atoms with Gasteiger partial charge in [0.15, 0.2) is 6.04 Å². The van der Waals surface area contributed by atoms with Crippen molar-refractivity contribution >= 4 is 45.2 Å². The molecule has 1 aromatic carbocycles. The van der Waals surface area contributed by atoms with Gasteiger partial charge in [0.25, 0.3) is 5.71 Å². The highest BCUT2D eigenvalue weighted by molar-refractivity contribution is 9.10. The molecule has 0 saturated carbocycles. The molecule has 1 atom stereocenters. The topological polar surface area (TPSA) is 99.0 Å². The van der Waals surface area contributed by atoms with Crippen molar-refractivity contribution in [3.05, 3.63) is 70.4 Å². The second-order valence-electron chi connectivity index (χ2n) is 6.58. The van der Waals surface area contributed by atoms with Crippen molar-refractivity contribution in [2.24, 2.45) is 0 Å². The summed E-state index contributed by atoms with van der Waals surface area (Å²) < 4.78 is 10.9. The number of hydrogen-bond acceptors (Lipinski definition) is 6. The van der Waals surface area contributed by atoms with E-state index in [-0.39, 0.29) is 31.9 Å². The van der Waals surface area contributed by atoms with Crippen molar-refractivity contribution in [2.75, 3.05) is 24.7 Å². The fraction of sp³-hybridized carbons (Fsp3) is 0.304. The fourth-order valence-electron chi connectivity index (χ4n) is 3.13. The minimum absolute atomic E-state index is 0.0554. The Morgan fingerprint density at radius 2 is 1.88 bits per heavy atom. The van der Waals surface area contributed by atoms with Gasteiger partial charge in [-0.15, -0.1) is 6.58 Å². The van der Waals surface area contributed by atoms with Gasteiger partial charge in [-0.1, -0.05) is 18.2 Å². The van der Waals surface area contributed by atoms with E-state index in [9.17, 15) is 19.6 Å². The summed E-state index contributed by atoms with van der Waals surface area (Å²) in [6.07, 6.45) is 6.79. The van der Waals surface area contributed by atoms with Crippen molar-refractivity contribution in [3.8, 4) is 0 Å². The first-order valence-electron chi connectivity index (χ1n) is 10.1. The highest BCUT2D eigenvalue weighted by Crippen LogP contribution is 2.36. The summed E-state index contributed by atoms with van der Waals surface area (Å²) in [5.74, 6) is -1.64. The predicted octanol–water partition coefficient (Wildman–Crippen LogP) is 3.28. The Hall–Kier alpha value is -3.20. The molecule has 1 heterocycles. The van der Waals surface area contributed by atoms with Crippen LogP contribution in [-0.2, 0) is 23.9 Å². The maximum Gasteiger partial charge on any atom is 0.330 e. The van der Waals surface area contributed by atoms with E-state index in [4.69, 9.17) is 9.47 Å². The standard InChI is InChI=1S/C23H25BrN2O6/c1-4-15-25-21-17(10-8-11-18(21)24)22(23(25)29)26(30)16(13-14-20(28)32-6-3)9-7-12-19(27)31-5-2/h4,7-8,10-14,16H,1,5-6,9,15H2,2-3H3/b12-7+,14-13+,26-22+. The minimum Gasteiger partial charge on any atom is -0.623 e. The minimum atomic E-state index is -0.945. The molecular weight excluding hydrogens is 480 g/mol. The number of fused-ring (bicyclic) bond motifs is 1. The summed E-state index contributed by atoms with van der Waals surface area (Å²) >= 11 is 3.44. The number of anilines is 1. The number of ether oxygens (including phenoxy) is 2. The Morgan fingerprint density at radius 1 is 1.22 bits per heavy atom. The zero-order chi connectivity index (χ0) is 23.7. The summed E-state index contributed by atoms with van der Waals surface area (Å²) in [6.45, 7) is 7.66. The summed E-state index contributed by atoms with van der Waals surface area (Å²) in [5.41, 5.74) is 0.972. The molecule has 9 heteroatoms. The van der Waals surface area contributed by atoms with Crippen LogP contribution in [0.5, 0.6) is 0 Å². The second kappa shape index (κ2) is 12.0. The smallest absolute Gasteiger partial charge is 0.330 e. The molecule has 0 saturated heterocycles. The van der Waals surface area contributed by atoms with Crippen LogP contribution in [0, 0.1) is 5.21 Å². The van der Waals surface area contributed by atoms with Crippen LogP contribution in [0.15, 0.2) is 59.6 Å². The SMILES string of the molecule is C=CCN1C(=O)/C(=[N+](/[O-])C(/C=C/C(=O)OCC)C/C=C/C(=O)OCC)c2cccc(Br)c21. The van der Waals surface area contributed by atoms with Gasteiger partial charge in [-0.3, -0.25) is 9.69 Å². The van der Waals surface area contributed by atoms with Crippen LogP contribution in [0.1, 0.15) is 25.8 Å². The molecule has 0 aromatic heterocycles. The highest BCUT2D eigenvalue weighted by Gasteiger charge is 2.41. The number of esters is 2. The lowest BCUT2D eigenvalue weighted by Gasteiger charge is -2.16. The first-order valence-corrected chi connectivity index (χ1v) is 10.9. The molecule has 0 radical (unpaired) electrons. The van der Waals surface area contributed by atoms with E-state index >= 15 is 0 Å². The summed E-state index contributed by atoms with van der Waals surface area (Å²) in [5, 5.41) is 13.4. The summed E-state index contributed by atoms with van der Waals surface area (Å²) in [7, 11) is 0. The number of hydrogen-bond donors (Lipinski definition) is 0. The third kappa shape index (κ3) is 5.94. The van der Waals surface area contributed by atoms with Crippen LogP contribution in [0.4, 0.5) is 5.69 Å². The number of hydroxylamine groups is 1. The molecule has 0 fully saturated rings. The Kier molecular flexibility index (Phi) is 9.39.